The molecule has 0 fully saturated rings. The summed E-state index contributed by atoms with van der Waals surface area (Å²) in [5.74, 6) is -1.06. The molecule has 11 heteroatoms. The maximum atomic E-state index is 11.3. The van der Waals surface area contributed by atoms with Gasteiger partial charge in [0.2, 0.25) is 0 Å². The van der Waals surface area contributed by atoms with Gasteiger partial charge in [-0.1, -0.05) is 18.3 Å². The third-order valence-corrected chi connectivity index (χ3v) is 6.20. The summed E-state index contributed by atoms with van der Waals surface area (Å²) in [4.78, 5) is 14.0. The standard InChI is InChI=1S/C15H18B2N2O4S3/c1-9(14-10(4-6-24-14)18-16(2)22)26-12(8-13(20)21)15-11(5-7-25-15)19-17(3)23/h4-8,18-19,22-23H,1H2,2-3H3,(H,20,21)/b12-8+. The average molecular weight is 408 g/mol. The third-order valence-electron chi connectivity index (χ3n) is 3.02. The van der Waals surface area contributed by atoms with E-state index in [0.29, 0.717) is 20.4 Å². The van der Waals surface area contributed by atoms with Gasteiger partial charge in [-0.05, 0) is 36.5 Å². The number of anilines is 2. The number of carbonyl (C=O) groups is 1. The highest BCUT2D eigenvalue weighted by Gasteiger charge is 2.18. The first-order chi connectivity index (χ1) is 12.3. The molecule has 2 aromatic rings. The Balaban J connectivity index is 2.30. The number of carboxylic acid groups (broad SMARTS) is 1. The van der Waals surface area contributed by atoms with E-state index < -0.39 is 20.1 Å². The van der Waals surface area contributed by atoms with Gasteiger partial charge in [0.1, 0.15) is 0 Å². The Morgan fingerprint density at radius 3 is 2.12 bits per heavy atom. The molecular formula is C15H18B2N2O4S3. The van der Waals surface area contributed by atoms with E-state index in [1.165, 1.54) is 34.4 Å². The van der Waals surface area contributed by atoms with E-state index >= 15 is 0 Å². The van der Waals surface area contributed by atoms with Crippen LogP contribution in [0.15, 0.2) is 35.5 Å². The van der Waals surface area contributed by atoms with Crippen molar-refractivity contribution in [3.05, 3.63) is 45.3 Å². The lowest BCUT2D eigenvalue weighted by Crippen LogP contribution is -2.19. The van der Waals surface area contributed by atoms with Crippen LogP contribution in [0.1, 0.15) is 9.75 Å². The smallest absolute Gasteiger partial charge is 0.406 e. The summed E-state index contributed by atoms with van der Waals surface area (Å²) in [6, 6.07) is 3.63. The van der Waals surface area contributed by atoms with Crippen LogP contribution in [0.3, 0.4) is 0 Å². The van der Waals surface area contributed by atoms with E-state index in [2.05, 4.69) is 17.0 Å². The molecule has 0 atom stereocenters. The number of carboxylic acids is 1. The van der Waals surface area contributed by atoms with Gasteiger partial charge in [-0.3, -0.25) is 0 Å². The molecule has 0 unspecified atom stereocenters. The minimum absolute atomic E-state index is 0.511. The van der Waals surface area contributed by atoms with Crippen molar-refractivity contribution in [2.24, 2.45) is 0 Å². The quantitative estimate of drug-likeness (QED) is 0.319. The summed E-state index contributed by atoms with van der Waals surface area (Å²) >= 11 is 4.06. The molecule has 0 aliphatic carbocycles. The molecule has 2 aromatic heterocycles. The van der Waals surface area contributed by atoms with E-state index in [1.807, 2.05) is 16.8 Å². The fourth-order valence-electron chi connectivity index (χ4n) is 2.14. The fraction of sp³-hybridized carbons (Fsp3) is 0.133. The van der Waals surface area contributed by atoms with E-state index in [0.717, 1.165) is 16.6 Å². The molecule has 26 heavy (non-hydrogen) atoms. The van der Waals surface area contributed by atoms with E-state index in [4.69, 9.17) is 0 Å². The molecule has 0 bridgehead atoms. The molecule has 0 amide bonds. The SMILES string of the molecule is C=C(S/C(=C/C(=O)O)c1sccc1NB(C)O)c1sccc1NB(C)O. The predicted octanol–water partition coefficient (Wildman–Crippen LogP) is 3.68. The molecule has 0 aliphatic rings. The minimum Gasteiger partial charge on any atom is -0.478 e. The second kappa shape index (κ2) is 9.33. The van der Waals surface area contributed by atoms with Crippen molar-refractivity contribution in [1.82, 2.24) is 0 Å². The summed E-state index contributed by atoms with van der Waals surface area (Å²) in [5, 5.41) is 37.9. The molecule has 136 valence electrons. The van der Waals surface area contributed by atoms with Gasteiger partial charge in [-0.15, -0.1) is 22.7 Å². The number of hydrogen-bond acceptors (Lipinski definition) is 8. The van der Waals surface area contributed by atoms with Gasteiger partial charge in [0.05, 0.1) is 9.75 Å². The molecule has 6 nitrogen and oxygen atoms in total. The highest BCUT2D eigenvalue weighted by atomic mass is 32.2. The maximum absolute atomic E-state index is 11.3. The topological polar surface area (TPSA) is 102 Å². The number of rotatable bonds is 9. The van der Waals surface area contributed by atoms with Crippen LogP contribution >= 0.6 is 34.4 Å². The summed E-state index contributed by atoms with van der Waals surface area (Å²) in [7, 11) is -1.48. The van der Waals surface area contributed by atoms with Crippen molar-refractivity contribution in [2.75, 3.05) is 10.5 Å². The van der Waals surface area contributed by atoms with Crippen LogP contribution in [0.2, 0.25) is 13.6 Å². The van der Waals surface area contributed by atoms with Gasteiger partial charge >= 0.3 is 20.1 Å². The molecule has 0 spiro atoms. The Morgan fingerprint density at radius 1 is 1.12 bits per heavy atom. The Kier molecular flexibility index (Phi) is 7.42. The van der Waals surface area contributed by atoms with E-state index in [1.54, 1.807) is 19.7 Å². The van der Waals surface area contributed by atoms with Crippen molar-refractivity contribution >= 4 is 75.7 Å². The normalized spacial score (nSPS) is 11.2. The molecule has 0 aromatic carbocycles. The van der Waals surface area contributed by atoms with Crippen LogP contribution in [0.5, 0.6) is 0 Å². The van der Waals surface area contributed by atoms with E-state index in [9.17, 15) is 19.9 Å². The Morgan fingerprint density at radius 2 is 1.62 bits per heavy atom. The molecule has 2 heterocycles. The van der Waals surface area contributed by atoms with Gasteiger partial charge in [0.15, 0.2) is 0 Å². The van der Waals surface area contributed by atoms with Crippen molar-refractivity contribution in [3.63, 3.8) is 0 Å². The Hall–Kier alpha value is -1.65. The Bertz CT molecular complexity index is 817. The first kappa shape index (κ1) is 20.7. The summed E-state index contributed by atoms with van der Waals surface area (Å²) in [5.41, 5.74) is 1.40. The molecule has 0 aliphatic heterocycles. The van der Waals surface area contributed by atoms with Crippen molar-refractivity contribution < 1.29 is 19.9 Å². The van der Waals surface area contributed by atoms with Gasteiger partial charge in [-0.25, -0.2) is 4.79 Å². The number of nitrogens with one attached hydrogen (secondary N) is 2. The molecule has 2 rings (SSSR count). The van der Waals surface area contributed by atoms with Crippen molar-refractivity contribution in [1.29, 1.82) is 0 Å². The second-order valence-corrected chi connectivity index (χ2v) is 8.31. The molecule has 0 saturated heterocycles. The summed E-state index contributed by atoms with van der Waals surface area (Å²) in [6.07, 6.45) is 1.13. The van der Waals surface area contributed by atoms with Crippen molar-refractivity contribution in [3.8, 4) is 0 Å². The predicted molar refractivity (Wildman–Crippen MR) is 116 cm³/mol. The van der Waals surface area contributed by atoms with Crippen molar-refractivity contribution in [2.45, 2.75) is 13.6 Å². The number of aliphatic carboxylic acids is 1. The highest BCUT2D eigenvalue weighted by Crippen LogP contribution is 2.45. The minimum atomic E-state index is -1.06. The molecule has 0 saturated carbocycles. The number of thioether (sulfide) groups is 1. The van der Waals surface area contributed by atoms with Crippen LogP contribution < -0.4 is 10.5 Å². The first-order valence-electron chi connectivity index (χ1n) is 7.64. The number of hydrogen-bond donors (Lipinski definition) is 5. The lowest BCUT2D eigenvalue weighted by atomic mass is 9.88. The maximum Gasteiger partial charge on any atom is 0.406 e. The molecule has 0 radical (unpaired) electrons. The van der Waals surface area contributed by atoms with Crippen LogP contribution in [-0.2, 0) is 4.79 Å². The van der Waals surface area contributed by atoms with Gasteiger partial charge < -0.3 is 25.6 Å². The second-order valence-electron chi connectivity index (χ2n) is 5.34. The highest BCUT2D eigenvalue weighted by molar-refractivity contribution is 8.16. The van der Waals surface area contributed by atoms with Crippen LogP contribution in [0.25, 0.3) is 9.81 Å². The third kappa shape index (κ3) is 5.68. The fourth-order valence-corrected chi connectivity index (χ4v) is 5.00. The zero-order valence-electron chi connectivity index (χ0n) is 14.2. The van der Waals surface area contributed by atoms with E-state index in [-0.39, 0.29) is 0 Å². The summed E-state index contributed by atoms with van der Waals surface area (Å²) < 4.78 is 0. The number of thiophene rings is 2. The van der Waals surface area contributed by atoms with Gasteiger partial charge in [-0.2, -0.15) is 0 Å². The van der Waals surface area contributed by atoms with Gasteiger partial charge in [0, 0.05) is 27.3 Å². The monoisotopic (exact) mass is 408 g/mol. The zero-order chi connectivity index (χ0) is 19.3. The average Bonchev–Trinajstić information content (AvgIpc) is 3.14. The van der Waals surface area contributed by atoms with Gasteiger partial charge in [0.25, 0.3) is 0 Å². The molecular weight excluding hydrogens is 390 g/mol. The lowest BCUT2D eigenvalue weighted by molar-refractivity contribution is -0.131. The molecule has 5 N–H and O–H groups in total. The Labute approximate surface area is 164 Å². The summed E-state index contributed by atoms with van der Waals surface area (Å²) in [6.45, 7) is 7.27. The van der Waals surface area contributed by atoms with Crippen LogP contribution in [-0.4, -0.2) is 35.2 Å². The largest absolute Gasteiger partial charge is 0.478 e. The zero-order valence-corrected chi connectivity index (χ0v) is 16.7. The van der Waals surface area contributed by atoms with Crippen LogP contribution in [0, 0.1) is 0 Å². The van der Waals surface area contributed by atoms with Crippen LogP contribution in [0.4, 0.5) is 11.4 Å². The first-order valence-corrected chi connectivity index (χ1v) is 10.2. The lowest BCUT2D eigenvalue weighted by Gasteiger charge is -2.13.